The summed E-state index contributed by atoms with van der Waals surface area (Å²) in [6, 6.07) is 9.86. The fourth-order valence-electron chi connectivity index (χ4n) is 1.92. The van der Waals surface area contributed by atoms with Crippen molar-refractivity contribution in [3.63, 3.8) is 0 Å². The summed E-state index contributed by atoms with van der Waals surface area (Å²) in [7, 11) is 1.29. The quantitative estimate of drug-likeness (QED) is 0.735. The zero-order valence-corrected chi connectivity index (χ0v) is 11.5. The fraction of sp³-hybridized carbons (Fsp3) is 0.533. The minimum Gasteiger partial charge on any atom is -0.469 e. The third-order valence-electron chi connectivity index (χ3n) is 3.27. The molecule has 1 aromatic rings. The SMILES string of the molecule is COC(=O)[C@H](C)[C@@H](O)C[C@@H](O)CCc1ccccc1. The van der Waals surface area contributed by atoms with E-state index >= 15 is 0 Å². The van der Waals surface area contributed by atoms with Crippen molar-refractivity contribution in [1.29, 1.82) is 0 Å². The van der Waals surface area contributed by atoms with Crippen LogP contribution in [0, 0.1) is 5.92 Å². The van der Waals surface area contributed by atoms with Gasteiger partial charge < -0.3 is 14.9 Å². The summed E-state index contributed by atoms with van der Waals surface area (Å²) in [6.07, 6.45) is -0.000101. The Bertz CT molecular complexity index is 377. The summed E-state index contributed by atoms with van der Waals surface area (Å²) >= 11 is 0. The van der Waals surface area contributed by atoms with Crippen molar-refractivity contribution in [2.45, 2.75) is 38.4 Å². The molecule has 1 aromatic carbocycles. The highest BCUT2D eigenvalue weighted by atomic mass is 16.5. The van der Waals surface area contributed by atoms with Crippen molar-refractivity contribution in [3.05, 3.63) is 35.9 Å². The van der Waals surface area contributed by atoms with Crippen molar-refractivity contribution in [3.8, 4) is 0 Å². The maximum Gasteiger partial charge on any atom is 0.311 e. The molecule has 0 radical (unpaired) electrons. The second-order valence-electron chi connectivity index (χ2n) is 4.79. The molecule has 0 aliphatic rings. The number of ether oxygens (including phenoxy) is 1. The van der Waals surface area contributed by atoms with E-state index in [1.54, 1.807) is 6.92 Å². The van der Waals surface area contributed by atoms with E-state index in [1.807, 2.05) is 30.3 Å². The molecule has 106 valence electrons. The number of rotatable bonds is 7. The zero-order chi connectivity index (χ0) is 14.3. The Kier molecular flexibility index (Phi) is 6.53. The Morgan fingerprint density at radius 2 is 1.89 bits per heavy atom. The predicted molar refractivity (Wildman–Crippen MR) is 72.6 cm³/mol. The summed E-state index contributed by atoms with van der Waals surface area (Å²) in [6.45, 7) is 1.60. The predicted octanol–water partition coefficient (Wildman–Crippen LogP) is 1.54. The molecule has 1 rings (SSSR count). The van der Waals surface area contributed by atoms with Gasteiger partial charge in [-0.15, -0.1) is 0 Å². The van der Waals surface area contributed by atoms with Crippen molar-refractivity contribution in [1.82, 2.24) is 0 Å². The first-order chi connectivity index (χ1) is 9.04. The van der Waals surface area contributed by atoms with Crippen LogP contribution in [0.25, 0.3) is 0 Å². The van der Waals surface area contributed by atoms with Gasteiger partial charge in [0.1, 0.15) is 0 Å². The number of methoxy groups -OCH3 is 1. The lowest BCUT2D eigenvalue weighted by Gasteiger charge is -2.19. The molecule has 4 heteroatoms. The number of hydrogen-bond acceptors (Lipinski definition) is 4. The van der Waals surface area contributed by atoms with Gasteiger partial charge in [-0.1, -0.05) is 30.3 Å². The topological polar surface area (TPSA) is 66.8 Å². The van der Waals surface area contributed by atoms with Crippen molar-refractivity contribution in [2.75, 3.05) is 7.11 Å². The number of benzene rings is 1. The van der Waals surface area contributed by atoms with Gasteiger partial charge >= 0.3 is 5.97 Å². The van der Waals surface area contributed by atoms with E-state index in [4.69, 9.17) is 0 Å². The summed E-state index contributed by atoms with van der Waals surface area (Å²) < 4.78 is 4.56. The van der Waals surface area contributed by atoms with Gasteiger partial charge in [0.25, 0.3) is 0 Å². The van der Waals surface area contributed by atoms with Gasteiger partial charge in [0.2, 0.25) is 0 Å². The number of esters is 1. The van der Waals surface area contributed by atoms with Gasteiger partial charge in [-0.3, -0.25) is 4.79 Å². The maximum absolute atomic E-state index is 11.3. The van der Waals surface area contributed by atoms with Crippen LogP contribution >= 0.6 is 0 Å². The van der Waals surface area contributed by atoms with E-state index in [-0.39, 0.29) is 6.42 Å². The van der Waals surface area contributed by atoms with Crippen LogP contribution in [0.1, 0.15) is 25.3 Å². The molecule has 0 saturated heterocycles. The number of aliphatic hydroxyl groups is 2. The number of hydrogen-bond donors (Lipinski definition) is 2. The fourth-order valence-corrected chi connectivity index (χ4v) is 1.92. The first-order valence-electron chi connectivity index (χ1n) is 6.52. The Morgan fingerprint density at radius 1 is 1.26 bits per heavy atom. The minimum atomic E-state index is -0.877. The van der Waals surface area contributed by atoms with Crippen LogP contribution in [-0.2, 0) is 16.0 Å². The monoisotopic (exact) mass is 266 g/mol. The second kappa shape index (κ2) is 7.92. The lowest BCUT2D eigenvalue weighted by Crippen LogP contribution is -2.30. The molecule has 0 aliphatic heterocycles. The van der Waals surface area contributed by atoms with Gasteiger partial charge in [-0.05, 0) is 25.3 Å². The third-order valence-corrected chi connectivity index (χ3v) is 3.27. The lowest BCUT2D eigenvalue weighted by molar-refractivity contribution is -0.149. The summed E-state index contributed by atoms with van der Waals surface area (Å²) in [5, 5.41) is 19.7. The lowest BCUT2D eigenvalue weighted by atomic mass is 9.96. The van der Waals surface area contributed by atoms with E-state index in [9.17, 15) is 15.0 Å². The zero-order valence-electron chi connectivity index (χ0n) is 11.5. The highest BCUT2D eigenvalue weighted by Gasteiger charge is 2.24. The van der Waals surface area contributed by atoms with Crippen LogP contribution < -0.4 is 0 Å². The molecule has 0 heterocycles. The molecule has 0 bridgehead atoms. The van der Waals surface area contributed by atoms with Gasteiger partial charge in [0.15, 0.2) is 0 Å². The van der Waals surface area contributed by atoms with Crippen molar-refractivity contribution >= 4 is 5.97 Å². The van der Waals surface area contributed by atoms with E-state index in [1.165, 1.54) is 7.11 Å². The van der Waals surface area contributed by atoms with E-state index < -0.39 is 24.1 Å². The highest BCUT2D eigenvalue weighted by molar-refractivity contribution is 5.72. The molecule has 0 aromatic heterocycles. The molecular weight excluding hydrogens is 244 g/mol. The van der Waals surface area contributed by atoms with Crippen LogP contribution in [0.3, 0.4) is 0 Å². The van der Waals surface area contributed by atoms with E-state index in [2.05, 4.69) is 4.74 Å². The van der Waals surface area contributed by atoms with Gasteiger partial charge in [0, 0.05) is 6.42 Å². The average molecular weight is 266 g/mol. The largest absolute Gasteiger partial charge is 0.469 e. The standard InChI is InChI=1S/C15H22O4/c1-11(15(18)19-2)14(17)10-13(16)9-8-12-6-4-3-5-7-12/h3-7,11,13-14,16-17H,8-10H2,1-2H3/t11-,13+,14+/m1/s1. The summed E-state index contributed by atoms with van der Waals surface area (Å²) in [5.74, 6) is -1.07. The maximum atomic E-state index is 11.3. The molecular formula is C15H22O4. The smallest absolute Gasteiger partial charge is 0.311 e. The molecule has 0 spiro atoms. The van der Waals surface area contributed by atoms with Crippen LogP contribution in [0.4, 0.5) is 0 Å². The Balaban J connectivity index is 2.34. The first-order valence-corrected chi connectivity index (χ1v) is 6.52. The number of aliphatic hydroxyl groups excluding tert-OH is 2. The Morgan fingerprint density at radius 3 is 2.47 bits per heavy atom. The third kappa shape index (κ3) is 5.41. The second-order valence-corrected chi connectivity index (χ2v) is 4.79. The Hall–Kier alpha value is -1.39. The molecule has 3 atom stereocenters. The molecule has 19 heavy (non-hydrogen) atoms. The number of carbonyl (C=O) groups is 1. The average Bonchev–Trinajstić information content (AvgIpc) is 2.44. The summed E-state index contributed by atoms with van der Waals surface area (Å²) in [5.41, 5.74) is 1.15. The molecule has 0 amide bonds. The summed E-state index contributed by atoms with van der Waals surface area (Å²) in [4.78, 5) is 11.3. The molecule has 0 saturated carbocycles. The van der Waals surface area contributed by atoms with Crippen LogP contribution in [0.2, 0.25) is 0 Å². The normalized spacial score (nSPS) is 15.6. The van der Waals surface area contributed by atoms with Crippen molar-refractivity contribution in [2.24, 2.45) is 5.92 Å². The molecule has 0 aliphatic carbocycles. The highest BCUT2D eigenvalue weighted by Crippen LogP contribution is 2.14. The van der Waals surface area contributed by atoms with Crippen molar-refractivity contribution < 1.29 is 19.7 Å². The van der Waals surface area contributed by atoms with E-state index in [0.717, 1.165) is 12.0 Å². The van der Waals surface area contributed by atoms with Crippen LogP contribution in [0.5, 0.6) is 0 Å². The molecule has 0 unspecified atom stereocenters. The van der Waals surface area contributed by atoms with Gasteiger partial charge in [-0.25, -0.2) is 0 Å². The van der Waals surface area contributed by atoms with Crippen LogP contribution in [-0.4, -0.2) is 35.5 Å². The number of carbonyl (C=O) groups excluding carboxylic acids is 1. The van der Waals surface area contributed by atoms with Gasteiger partial charge in [0.05, 0.1) is 25.2 Å². The van der Waals surface area contributed by atoms with Gasteiger partial charge in [-0.2, -0.15) is 0 Å². The number of aryl methyl sites for hydroxylation is 1. The molecule has 2 N–H and O–H groups in total. The van der Waals surface area contributed by atoms with Crippen LogP contribution in [0.15, 0.2) is 30.3 Å². The first kappa shape index (κ1) is 15.7. The molecule has 0 fully saturated rings. The molecule has 4 nitrogen and oxygen atoms in total. The van der Waals surface area contributed by atoms with E-state index in [0.29, 0.717) is 6.42 Å². The Labute approximate surface area is 114 Å². The minimum absolute atomic E-state index is 0.184.